The second kappa shape index (κ2) is 12.6. The third kappa shape index (κ3) is 6.31. The van der Waals surface area contributed by atoms with Gasteiger partial charge in [-0.25, -0.2) is 4.98 Å². The van der Waals surface area contributed by atoms with Gasteiger partial charge in [-0.15, -0.1) is 0 Å². The maximum atomic E-state index is 12.8. The second-order valence-corrected chi connectivity index (χ2v) is 10.5. The zero-order chi connectivity index (χ0) is 28.1. The standard InChI is InChI=1S/C31H40N6O3/c1-4-34-13-15-36(16-14-34)29-21-23(2)25-22-24(9-10-26(25)33-29)32-30(38)11-12-31(39)37-19-17-35(18-20-37)27-7-5-6-8-28(27)40-3/h5-10,21-22H,4,11-20H2,1-3H3,(H,32,38). The molecule has 3 aromatic rings. The van der Waals surface area contributed by atoms with Crippen LogP contribution in [0.25, 0.3) is 10.9 Å². The summed E-state index contributed by atoms with van der Waals surface area (Å²) in [5.74, 6) is 1.71. The lowest BCUT2D eigenvalue weighted by Crippen LogP contribution is -2.49. The zero-order valence-electron chi connectivity index (χ0n) is 23.9. The van der Waals surface area contributed by atoms with E-state index in [1.165, 1.54) is 0 Å². The van der Waals surface area contributed by atoms with Gasteiger partial charge in [0.1, 0.15) is 11.6 Å². The number of carbonyl (C=O) groups excluding carboxylic acids is 2. The molecule has 212 valence electrons. The van der Waals surface area contributed by atoms with Crippen molar-refractivity contribution in [3.63, 3.8) is 0 Å². The minimum absolute atomic E-state index is 0.0145. The van der Waals surface area contributed by atoms with Crippen molar-refractivity contribution in [1.29, 1.82) is 0 Å². The summed E-state index contributed by atoms with van der Waals surface area (Å²) in [4.78, 5) is 39.3. The van der Waals surface area contributed by atoms with Crippen molar-refractivity contribution < 1.29 is 14.3 Å². The largest absolute Gasteiger partial charge is 0.495 e. The van der Waals surface area contributed by atoms with Gasteiger partial charge in [0, 0.05) is 76.3 Å². The molecule has 0 saturated carbocycles. The van der Waals surface area contributed by atoms with E-state index in [0.717, 1.165) is 85.2 Å². The van der Waals surface area contributed by atoms with Crippen molar-refractivity contribution in [2.75, 3.05) is 81.1 Å². The number of carbonyl (C=O) groups is 2. The number of rotatable bonds is 8. The van der Waals surface area contributed by atoms with E-state index in [9.17, 15) is 9.59 Å². The number of aromatic nitrogens is 1. The van der Waals surface area contributed by atoms with Crippen molar-refractivity contribution >= 4 is 39.9 Å². The summed E-state index contributed by atoms with van der Waals surface area (Å²) in [7, 11) is 1.67. The van der Waals surface area contributed by atoms with Gasteiger partial charge >= 0.3 is 0 Å². The van der Waals surface area contributed by atoms with E-state index in [2.05, 4.69) is 39.9 Å². The number of nitrogens with zero attached hydrogens (tertiary/aromatic N) is 5. The Morgan fingerprint density at radius 3 is 2.35 bits per heavy atom. The minimum atomic E-state index is -0.156. The summed E-state index contributed by atoms with van der Waals surface area (Å²) in [5.41, 5.74) is 3.83. The van der Waals surface area contributed by atoms with E-state index < -0.39 is 0 Å². The molecule has 2 aliphatic rings. The van der Waals surface area contributed by atoms with Crippen molar-refractivity contribution in [3.8, 4) is 5.75 Å². The average molecular weight is 545 g/mol. The molecule has 40 heavy (non-hydrogen) atoms. The molecule has 5 rings (SSSR count). The van der Waals surface area contributed by atoms with Crippen LogP contribution in [-0.4, -0.2) is 92.6 Å². The summed E-state index contributed by atoms with van der Waals surface area (Å²) in [6.07, 6.45) is 0.354. The molecule has 1 N–H and O–H groups in total. The van der Waals surface area contributed by atoms with Crippen LogP contribution in [0.15, 0.2) is 48.5 Å². The van der Waals surface area contributed by atoms with E-state index in [0.29, 0.717) is 13.1 Å². The van der Waals surface area contributed by atoms with Crippen LogP contribution >= 0.6 is 0 Å². The molecule has 9 nitrogen and oxygen atoms in total. The Bertz CT molecular complexity index is 1350. The van der Waals surface area contributed by atoms with Crippen molar-refractivity contribution in [3.05, 3.63) is 54.1 Å². The predicted octanol–water partition coefficient (Wildman–Crippen LogP) is 3.76. The lowest BCUT2D eigenvalue weighted by atomic mass is 10.1. The number of ether oxygens (including phenoxy) is 1. The van der Waals surface area contributed by atoms with E-state index in [-0.39, 0.29) is 24.7 Å². The molecule has 9 heteroatoms. The number of hydrogen-bond donors (Lipinski definition) is 1. The Labute approximate surface area is 236 Å². The fourth-order valence-corrected chi connectivity index (χ4v) is 5.60. The first-order chi connectivity index (χ1) is 19.4. The molecule has 0 aliphatic carbocycles. The first-order valence-corrected chi connectivity index (χ1v) is 14.3. The van der Waals surface area contributed by atoms with Crippen LogP contribution in [0, 0.1) is 6.92 Å². The van der Waals surface area contributed by atoms with Gasteiger partial charge in [0.05, 0.1) is 18.3 Å². The molecule has 2 aromatic carbocycles. The molecule has 3 heterocycles. The molecular formula is C31H40N6O3. The lowest BCUT2D eigenvalue weighted by molar-refractivity contribution is -0.133. The Hall–Kier alpha value is -3.85. The molecule has 0 spiro atoms. The van der Waals surface area contributed by atoms with Gasteiger partial charge in [-0.1, -0.05) is 19.1 Å². The zero-order valence-corrected chi connectivity index (χ0v) is 23.9. The van der Waals surface area contributed by atoms with E-state index in [4.69, 9.17) is 9.72 Å². The number of hydrogen-bond acceptors (Lipinski definition) is 7. The van der Waals surface area contributed by atoms with Crippen molar-refractivity contribution in [1.82, 2.24) is 14.8 Å². The summed E-state index contributed by atoms with van der Waals surface area (Å²) in [5, 5.41) is 4.00. The SMILES string of the molecule is CCN1CCN(c2cc(C)c3cc(NC(=O)CCC(=O)N4CCN(c5ccccc5OC)CC4)ccc3n2)CC1. The molecule has 2 aliphatic heterocycles. The molecule has 2 amide bonds. The highest BCUT2D eigenvalue weighted by molar-refractivity contribution is 5.96. The molecule has 2 saturated heterocycles. The van der Waals surface area contributed by atoms with Gasteiger partial charge in [0.2, 0.25) is 11.8 Å². The van der Waals surface area contributed by atoms with Crippen LogP contribution in [0.2, 0.25) is 0 Å². The number of para-hydroxylation sites is 2. The van der Waals surface area contributed by atoms with Crippen molar-refractivity contribution in [2.24, 2.45) is 0 Å². The molecule has 0 radical (unpaired) electrons. The smallest absolute Gasteiger partial charge is 0.224 e. The number of likely N-dealkylation sites (N-methyl/N-ethyl adjacent to an activating group) is 1. The molecule has 2 fully saturated rings. The number of pyridine rings is 1. The van der Waals surface area contributed by atoms with Gasteiger partial charge in [-0.2, -0.15) is 0 Å². The second-order valence-electron chi connectivity index (χ2n) is 10.5. The van der Waals surface area contributed by atoms with Gasteiger partial charge in [0.25, 0.3) is 0 Å². The number of aryl methyl sites for hydroxylation is 1. The quantitative estimate of drug-likeness (QED) is 0.463. The van der Waals surface area contributed by atoms with E-state index in [1.807, 2.05) is 47.4 Å². The first-order valence-electron chi connectivity index (χ1n) is 14.3. The third-order valence-corrected chi connectivity index (χ3v) is 8.05. The van der Waals surface area contributed by atoms with Gasteiger partial charge in [0.15, 0.2) is 0 Å². The number of piperazine rings is 2. The Balaban J connectivity index is 1.12. The molecular weight excluding hydrogens is 504 g/mol. The first kappa shape index (κ1) is 27.7. The normalized spacial score (nSPS) is 16.3. The Morgan fingerprint density at radius 2 is 1.62 bits per heavy atom. The topological polar surface area (TPSA) is 81.2 Å². The molecule has 1 aromatic heterocycles. The minimum Gasteiger partial charge on any atom is -0.495 e. The predicted molar refractivity (Wildman–Crippen MR) is 160 cm³/mol. The summed E-state index contributed by atoms with van der Waals surface area (Å²) >= 11 is 0. The monoisotopic (exact) mass is 544 g/mol. The highest BCUT2D eigenvalue weighted by Crippen LogP contribution is 2.29. The number of fused-ring (bicyclic) bond motifs is 1. The van der Waals surface area contributed by atoms with Crippen molar-refractivity contribution in [2.45, 2.75) is 26.7 Å². The maximum absolute atomic E-state index is 12.8. The Kier molecular flexibility index (Phi) is 8.69. The summed E-state index contributed by atoms with van der Waals surface area (Å²) < 4.78 is 5.48. The van der Waals surface area contributed by atoms with Gasteiger partial charge in [-0.05, 0) is 55.4 Å². The molecule has 0 bridgehead atoms. The number of amides is 2. The summed E-state index contributed by atoms with van der Waals surface area (Å²) in [6.45, 7) is 12.2. The average Bonchev–Trinajstić information content (AvgIpc) is 3.00. The van der Waals surface area contributed by atoms with Crippen LogP contribution < -0.4 is 19.9 Å². The fourth-order valence-electron chi connectivity index (χ4n) is 5.60. The number of benzene rings is 2. The fraction of sp³-hybridized carbons (Fsp3) is 0.452. The molecule has 0 unspecified atom stereocenters. The van der Waals surface area contributed by atoms with Crippen LogP contribution in [-0.2, 0) is 9.59 Å². The number of nitrogens with one attached hydrogen (secondary N) is 1. The molecule has 0 atom stereocenters. The highest BCUT2D eigenvalue weighted by atomic mass is 16.5. The summed E-state index contributed by atoms with van der Waals surface area (Å²) in [6, 6.07) is 15.9. The van der Waals surface area contributed by atoms with Crippen LogP contribution in [0.1, 0.15) is 25.3 Å². The van der Waals surface area contributed by atoms with Crippen LogP contribution in [0.5, 0.6) is 5.75 Å². The third-order valence-electron chi connectivity index (χ3n) is 8.05. The van der Waals surface area contributed by atoms with E-state index >= 15 is 0 Å². The van der Waals surface area contributed by atoms with Crippen LogP contribution in [0.3, 0.4) is 0 Å². The van der Waals surface area contributed by atoms with Gasteiger partial charge in [-0.3, -0.25) is 9.59 Å². The Morgan fingerprint density at radius 1 is 0.900 bits per heavy atom. The van der Waals surface area contributed by atoms with Crippen LogP contribution in [0.4, 0.5) is 17.2 Å². The van der Waals surface area contributed by atoms with E-state index in [1.54, 1.807) is 7.11 Å². The maximum Gasteiger partial charge on any atom is 0.224 e. The highest BCUT2D eigenvalue weighted by Gasteiger charge is 2.23. The lowest BCUT2D eigenvalue weighted by Gasteiger charge is -2.36. The van der Waals surface area contributed by atoms with Gasteiger partial charge < -0.3 is 29.7 Å². The number of methoxy groups -OCH3 is 1. The number of anilines is 3.